The van der Waals surface area contributed by atoms with Gasteiger partial charge in [0, 0.05) is 15.4 Å². The van der Waals surface area contributed by atoms with Gasteiger partial charge in [0.25, 0.3) is 0 Å². The Morgan fingerprint density at radius 2 is 2.00 bits per heavy atom. The second-order valence-corrected chi connectivity index (χ2v) is 5.62. The summed E-state index contributed by atoms with van der Waals surface area (Å²) in [7, 11) is 0. The van der Waals surface area contributed by atoms with Crippen molar-refractivity contribution < 1.29 is 14.7 Å². The van der Waals surface area contributed by atoms with E-state index in [1.807, 2.05) is 12.1 Å². The normalized spacial score (nSPS) is 10.2. The van der Waals surface area contributed by atoms with Gasteiger partial charge in [0.15, 0.2) is 0 Å². The van der Waals surface area contributed by atoms with E-state index in [4.69, 9.17) is 5.11 Å². The standard InChI is InChI=1S/C12H14Br2N2O3/c13-8-3-4-10(9(14)6-8)16-11(17)7-15-5-1-2-12(18)19/h3-4,6,15H,1-2,5,7H2,(H,16,17)(H,18,19). The molecule has 7 heteroatoms. The molecule has 0 spiro atoms. The number of carboxylic acids is 1. The molecule has 1 aromatic carbocycles. The molecule has 3 N–H and O–H groups in total. The molecular weight excluding hydrogens is 380 g/mol. The first-order valence-electron chi connectivity index (χ1n) is 5.66. The van der Waals surface area contributed by atoms with Crippen molar-refractivity contribution in [2.45, 2.75) is 12.8 Å². The van der Waals surface area contributed by atoms with Crippen LogP contribution >= 0.6 is 31.9 Å². The van der Waals surface area contributed by atoms with E-state index in [9.17, 15) is 9.59 Å². The fourth-order valence-electron chi connectivity index (χ4n) is 1.35. The molecule has 5 nitrogen and oxygen atoms in total. The van der Waals surface area contributed by atoms with Crippen molar-refractivity contribution in [3.05, 3.63) is 27.1 Å². The number of anilines is 1. The van der Waals surface area contributed by atoms with E-state index in [1.165, 1.54) is 0 Å². The molecule has 0 atom stereocenters. The van der Waals surface area contributed by atoms with Crippen molar-refractivity contribution in [2.75, 3.05) is 18.4 Å². The molecule has 0 aliphatic carbocycles. The number of hydrogen-bond acceptors (Lipinski definition) is 3. The third kappa shape index (κ3) is 6.70. The van der Waals surface area contributed by atoms with Crippen LogP contribution in [-0.4, -0.2) is 30.1 Å². The van der Waals surface area contributed by atoms with Crippen molar-refractivity contribution >= 4 is 49.4 Å². The van der Waals surface area contributed by atoms with Crippen LogP contribution in [0.3, 0.4) is 0 Å². The molecule has 0 saturated carbocycles. The molecule has 0 unspecified atom stereocenters. The summed E-state index contributed by atoms with van der Waals surface area (Å²) in [5, 5.41) is 14.1. The summed E-state index contributed by atoms with van der Waals surface area (Å²) < 4.78 is 1.71. The molecule has 1 amide bonds. The Kier molecular flexibility index (Phi) is 7.04. The van der Waals surface area contributed by atoms with Crippen molar-refractivity contribution in [1.29, 1.82) is 0 Å². The van der Waals surface area contributed by atoms with E-state index in [-0.39, 0.29) is 18.9 Å². The van der Waals surface area contributed by atoms with E-state index >= 15 is 0 Å². The van der Waals surface area contributed by atoms with Crippen molar-refractivity contribution in [3.8, 4) is 0 Å². The van der Waals surface area contributed by atoms with Gasteiger partial charge in [-0.3, -0.25) is 9.59 Å². The first-order chi connectivity index (χ1) is 8.99. The third-order valence-corrected chi connectivity index (χ3v) is 3.38. The number of hydrogen-bond donors (Lipinski definition) is 3. The van der Waals surface area contributed by atoms with Crippen molar-refractivity contribution in [3.63, 3.8) is 0 Å². The van der Waals surface area contributed by atoms with Crippen LogP contribution in [-0.2, 0) is 9.59 Å². The van der Waals surface area contributed by atoms with Crippen LogP contribution in [0.2, 0.25) is 0 Å². The van der Waals surface area contributed by atoms with Crippen LogP contribution in [0, 0.1) is 0 Å². The fraction of sp³-hybridized carbons (Fsp3) is 0.333. The molecule has 1 aromatic rings. The van der Waals surface area contributed by atoms with Gasteiger partial charge in [-0.05, 0) is 47.1 Å². The third-order valence-electron chi connectivity index (χ3n) is 2.23. The predicted molar refractivity (Wildman–Crippen MR) is 80.2 cm³/mol. The van der Waals surface area contributed by atoms with Crippen LogP contribution in [0.15, 0.2) is 27.1 Å². The average Bonchev–Trinajstić information content (AvgIpc) is 2.32. The van der Waals surface area contributed by atoms with Gasteiger partial charge in [-0.15, -0.1) is 0 Å². The summed E-state index contributed by atoms with van der Waals surface area (Å²) in [6, 6.07) is 5.47. The van der Waals surface area contributed by atoms with Crippen LogP contribution in [0.1, 0.15) is 12.8 Å². The van der Waals surface area contributed by atoms with Crippen LogP contribution in [0.4, 0.5) is 5.69 Å². The number of amides is 1. The molecule has 0 radical (unpaired) electrons. The second kappa shape index (κ2) is 8.29. The molecule has 19 heavy (non-hydrogen) atoms. The van der Waals surface area contributed by atoms with Crippen molar-refractivity contribution in [1.82, 2.24) is 5.32 Å². The summed E-state index contributed by atoms with van der Waals surface area (Å²) in [5.74, 6) is -0.997. The van der Waals surface area contributed by atoms with Gasteiger partial charge < -0.3 is 15.7 Å². The molecule has 0 aromatic heterocycles. The second-order valence-electron chi connectivity index (χ2n) is 3.85. The summed E-state index contributed by atoms with van der Waals surface area (Å²) in [6.07, 6.45) is 0.609. The van der Waals surface area contributed by atoms with Crippen LogP contribution < -0.4 is 10.6 Å². The monoisotopic (exact) mass is 392 g/mol. The van der Waals surface area contributed by atoms with Crippen molar-refractivity contribution in [2.24, 2.45) is 0 Å². The predicted octanol–water partition coefficient (Wildman–Crippen LogP) is 2.60. The van der Waals surface area contributed by atoms with E-state index in [2.05, 4.69) is 42.5 Å². The molecule has 0 heterocycles. The smallest absolute Gasteiger partial charge is 0.303 e. The maximum atomic E-state index is 11.6. The highest BCUT2D eigenvalue weighted by Gasteiger charge is 2.05. The Bertz CT molecular complexity index is 466. The number of carbonyl (C=O) groups excluding carboxylic acids is 1. The Hall–Kier alpha value is -0.920. The molecule has 1 rings (SSSR count). The molecule has 0 aliphatic rings. The summed E-state index contributed by atoms with van der Waals surface area (Å²) >= 11 is 6.68. The maximum absolute atomic E-state index is 11.6. The minimum absolute atomic E-state index is 0.104. The molecule has 0 saturated heterocycles. The van der Waals surface area contributed by atoms with Gasteiger partial charge in [0.1, 0.15) is 0 Å². The SMILES string of the molecule is O=C(O)CCCNCC(=O)Nc1ccc(Br)cc1Br. The molecular formula is C12H14Br2N2O3. The van der Waals surface area contributed by atoms with Crippen LogP contribution in [0.25, 0.3) is 0 Å². The van der Waals surface area contributed by atoms with E-state index in [0.717, 1.165) is 8.95 Å². The number of carboxylic acid groups (broad SMARTS) is 1. The van der Waals surface area contributed by atoms with Gasteiger partial charge >= 0.3 is 5.97 Å². The first kappa shape index (κ1) is 16.1. The Morgan fingerprint density at radius 1 is 1.26 bits per heavy atom. The number of halogens is 2. The first-order valence-corrected chi connectivity index (χ1v) is 7.25. The van der Waals surface area contributed by atoms with Gasteiger partial charge in [-0.25, -0.2) is 0 Å². The fourth-order valence-corrected chi connectivity index (χ4v) is 2.50. The van der Waals surface area contributed by atoms with Gasteiger partial charge in [0.2, 0.25) is 5.91 Å². The molecule has 0 fully saturated rings. The highest BCUT2D eigenvalue weighted by molar-refractivity contribution is 9.11. The van der Waals surface area contributed by atoms with Gasteiger partial charge in [-0.2, -0.15) is 0 Å². The summed E-state index contributed by atoms with van der Waals surface area (Å²) in [4.78, 5) is 21.9. The van der Waals surface area contributed by atoms with E-state index < -0.39 is 5.97 Å². The minimum Gasteiger partial charge on any atom is -0.481 e. The minimum atomic E-state index is -0.829. The highest BCUT2D eigenvalue weighted by Crippen LogP contribution is 2.25. The number of rotatable bonds is 7. The number of benzene rings is 1. The zero-order chi connectivity index (χ0) is 14.3. The average molecular weight is 394 g/mol. The maximum Gasteiger partial charge on any atom is 0.303 e. The van der Waals surface area contributed by atoms with Gasteiger partial charge in [-0.1, -0.05) is 15.9 Å². The van der Waals surface area contributed by atoms with Crippen LogP contribution in [0.5, 0.6) is 0 Å². The lowest BCUT2D eigenvalue weighted by molar-refractivity contribution is -0.137. The summed E-state index contributed by atoms with van der Waals surface area (Å²) in [6.45, 7) is 0.656. The Labute approximate surface area is 128 Å². The van der Waals surface area contributed by atoms with E-state index in [0.29, 0.717) is 18.7 Å². The zero-order valence-electron chi connectivity index (χ0n) is 10.1. The molecule has 0 bridgehead atoms. The Morgan fingerprint density at radius 3 is 2.63 bits per heavy atom. The quantitative estimate of drug-likeness (QED) is 0.622. The van der Waals surface area contributed by atoms with Gasteiger partial charge in [0.05, 0.1) is 12.2 Å². The number of carbonyl (C=O) groups is 2. The lowest BCUT2D eigenvalue weighted by Gasteiger charge is -2.08. The molecule has 104 valence electrons. The number of nitrogens with one attached hydrogen (secondary N) is 2. The largest absolute Gasteiger partial charge is 0.481 e. The Balaban J connectivity index is 2.29. The van der Waals surface area contributed by atoms with E-state index in [1.54, 1.807) is 6.07 Å². The topological polar surface area (TPSA) is 78.4 Å². The summed E-state index contributed by atoms with van der Waals surface area (Å²) in [5.41, 5.74) is 0.695. The molecule has 0 aliphatic heterocycles. The lowest BCUT2D eigenvalue weighted by Crippen LogP contribution is -2.29. The zero-order valence-corrected chi connectivity index (χ0v) is 13.3. The number of aliphatic carboxylic acids is 1. The highest BCUT2D eigenvalue weighted by atomic mass is 79.9. The lowest BCUT2D eigenvalue weighted by atomic mass is 10.3.